The van der Waals surface area contributed by atoms with Crippen LogP contribution in [0.25, 0.3) is 0 Å². The van der Waals surface area contributed by atoms with Crippen LogP contribution in [0, 0.1) is 6.92 Å². The van der Waals surface area contributed by atoms with Crippen LogP contribution in [0.4, 0.5) is 17.3 Å². The lowest BCUT2D eigenvalue weighted by molar-refractivity contribution is 0.122. The third-order valence-electron chi connectivity index (χ3n) is 3.74. The molecule has 1 fully saturated rings. The largest absolute Gasteiger partial charge is 0.378 e. The molecule has 3 rings (SSSR count). The maximum absolute atomic E-state index is 5.39. The minimum Gasteiger partial charge on any atom is -0.378 e. The highest BCUT2D eigenvalue weighted by Crippen LogP contribution is 2.21. The summed E-state index contributed by atoms with van der Waals surface area (Å²) in [4.78, 5) is 6.87. The van der Waals surface area contributed by atoms with Crippen LogP contribution in [-0.4, -0.2) is 35.9 Å². The minimum absolute atomic E-state index is 0.813. The van der Waals surface area contributed by atoms with Crippen LogP contribution >= 0.6 is 0 Å². The Morgan fingerprint density at radius 1 is 1.19 bits per heavy atom. The average molecular weight is 286 g/mol. The Balaban J connectivity index is 1.71. The first-order valence-electron chi connectivity index (χ1n) is 7.50. The number of aromatic nitrogens is 2. The monoisotopic (exact) mass is 286 g/mol. The Hall–Kier alpha value is -2.01. The molecule has 21 heavy (non-hydrogen) atoms. The Bertz CT molecular complexity index is 585. The van der Waals surface area contributed by atoms with Gasteiger partial charge in [0, 0.05) is 37.2 Å². The van der Waals surface area contributed by atoms with E-state index in [0.717, 1.165) is 50.2 Å². The molecule has 1 aromatic heterocycles. The first-order chi connectivity index (χ1) is 10.3. The van der Waals surface area contributed by atoms with Crippen LogP contribution in [0.5, 0.6) is 0 Å². The van der Waals surface area contributed by atoms with Crippen molar-refractivity contribution in [3.8, 4) is 0 Å². The number of morpholine rings is 1. The van der Waals surface area contributed by atoms with Crippen LogP contribution < -0.4 is 10.2 Å². The Morgan fingerprint density at radius 3 is 2.57 bits per heavy atom. The quantitative estimate of drug-likeness (QED) is 0.938. The third-order valence-corrected chi connectivity index (χ3v) is 3.74. The number of hydrogen-bond acceptors (Lipinski definition) is 4. The van der Waals surface area contributed by atoms with E-state index in [0.29, 0.717) is 0 Å². The van der Waals surface area contributed by atoms with E-state index in [2.05, 4.69) is 57.2 Å². The summed E-state index contributed by atoms with van der Waals surface area (Å²) in [5.74, 6) is 0.897. The van der Waals surface area contributed by atoms with Gasteiger partial charge in [-0.25, -0.2) is 4.98 Å². The predicted octanol–water partition coefficient (Wildman–Crippen LogP) is 2.79. The maximum atomic E-state index is 5.39. The second-order valence-electron chi connectivity index (χ2n) is 5.26. The first kappa shape index (κ1) is 13.9. The number of ether oxygens (including phenoxy) is 1. The summed E-state index contributed by atoms with van der Waals surface area (Å²) in [7, 11) is 0. The van der Waals surface area contributed by atoms with Gasteiger partial charge in [0.25, 0.3) is 0 Å². The molecule has 0 unspecified atom stereocenters. The van der Waals surface area contributed by atoms with E-state index in [-0.39, 0.29) is 0 Å². The van der Waals surface area contributed by atoms with E-state index in [4.69, 9.17) is 4.74 Å². The smallest absolute Gasteiger partial charge is 0.207 e. The zero-order chi connectivity index (χ0) is 14.7. The van der Waals surface area contributed by atoms with Gasteiger partial charge in [-0.15, -0.1) is 0 Å². The van der Waals surface area contributed by atoms with Crippen molar-refractivity contribution in [3.63, 3.8) is 0 Å². The predicted molar refractivity (Wildman–Crippen MR) is 85.4 cm³/mol. The van der Waals surface area contributed by atoms with Crippen molar-refractivity contribution in [1.29, 1.82) is 0 Å². The third kappa shape index (κ3) is 3.19. The summed E-state index contributed by atoms with van der Waals surface area (Å²) in [6, 6.07) is 8.52. The van der Waals surface area contributed by atoms with Gasteiger partial charge in [0.05, 0.1) is 18.9 Å². The molecule has 2 heterocycles. The van der Waals surface area contributed by atoms with Crippen molar-refractivity contribution >= 4 is 17.3 Å². The first-order valence-corrected chi connectivity index (χ1v) is 7.50. The number of nitrogens with one attached hydrogen (secondary N) is 1. The minimum atomic E-state index is 0.813. The summed E-state index contributed by atoms with van der Waals surface area (Å²) < 4.78 is 7.50. The molecular formula is C16H22N4O. The molecule has 1 saturated heterocycles. The van der Waals surface area contributed by atoms with Crippen molar-refractivity contribution in [2.75, 3.05) is 36.5 Å². The molecule has 0 atom stereocenters. The molecule has 2 aromatic rings. The molecule has 0 radical (unpaired) electrons. The zero-order valence-electron chi connectivity index (χ0n) is 12.7. The Morgan fingerprint density at radius 2 is 1.90 bits per heavy atom. The maximum Gasteiger partial charge on any atom is 0.207 e. The number of rotatable bonds is 4. The van der Waals surface area contributed by atoms with Crippen LogP contribution in [0.3, 0.4) is 0 Å². The van der Waals surface area contributed by atoms with E-state index >= 15 is 0 Å². The van der Waals surface area contributed by atoms with Crippen molar-refractivity contribution in [3.05, 3.63) is 36.2 Å². The van der Waals surface area contributed by atoms with Crippen molar-refractivity contribution in [1.82, 2.24) is 9.55 Å². The normalized spacial score (nSPS) is 15.2. The molecular weight excluding hydrogens is 264 g/mol. The van der Waals surface area contributed by atoms with E-state index in [1.165, 1.54) is 5.69 Å². The number of aryl methyl sites for hydroxylation is 2. The van der Waals surface area contributed by atoms with Crippen molar-refractivity contribution in [2.24, 2.45) is 0 Å². The average Bonchev–Trinajstić information content (AvgIpc) is 2.88. The summed E-state index contributed by atoms with van der Waals surface area (Å²) in [5.41, 5.74) is 3.34. The van der Waals surface area contributed by atoms with E-state index in [9.17, 15) is 0 Å². The van der Waals surface area contributed by atoms with Crippen LogP contribution in [0.2, 0.25) is 0 Å². The molecule has 0 spiro atoms. The molecule has 0 bridgehead atoms. The number of benzene rings is 1. The van der Waals surface area contributed by atoms with Gasteiger partial charge in [0.1, 0.15) is 0 Å². The van der Waals surface area contributed by atoms with Gasteiger partial charge in [-0.05, 0) is 38.1 Å². The van der Waals surface area contributed by atoms with Crippen LogP contribution in [0.15, 0.2) is 30.5 Å². The standard InChI is InChI=1S/C16H22N4O/c1-3-19-12-13(2)17-16(19)18-14-4-6-15(7-5-14)20-8-10-21-11-9-20/h4-7,12H,3,8-11H2,1-2H3,(H,17,18). The summed E-state index contributed by atoms with van der Waals surface area (Å²) in [6.45, 7) is 8.60. The van der Waals surface area contributed by atoms with Gasteiger partial charge in [-0.3, -0.25) is 0 Å². The fourth-order valence-corrected chi connectivity index (χ4v) is 2.59. The molecule has 5 nitrogen and oxygen atoms in total. The molecule has 0 amide bonds. The summed E-state index contributed by atoms with van der Waals surface area (Å²) >= 11 is 0. The zero-order valence-corrected chi connectivity index (χ0v) is 12.7. The van der Waals surface area contributed by atoms with Crippen molar-refractivity contribution < 1.29 is 4.74 Å². The highest BCUT2D eigenvalue weighted by molar-refractivity contribution is 5.59. The highest BCUT2D eigenvalue weighted by Gasteiger charge is 2.11. The van der Waals surface area contributed by atoms with Crippen LogP contribution in [0.1, 0.15) is 12.6 Å². The highest BCUT2D eigenvalue weighted by atomic mass is 16.5. The fourth-order valence-electron chi connectivity index (χ4n) is 2.59. The number of anilines is 3. The summed E-state index contributed by atoms with van der Waals surface area (Å²) in [6.07, 6.45) is 2.06. The molecule has 0 saturated carbocycles. The van der Waals surface area contributed by atoms with Gasteiger partial charge in [-0.1, -0.05) is 0 Å². The van der Waals surface area contributed by atoms with Gasteiger partial charge >= 0.3 is 0 Å². The topological polar surface area (TPSA) is 42.3 Å². The Labute approximate surface area is 125 Å². The second-order valence-corrected chi connectivity index (χ2v) is 5.26. The Kier molecular flexibility index (Phi) is 4.10. The molecule has 0 aliphatic carbocycles. The molecule has 112 valence electrons. The fraction of sp³-hybridized carbons (Fsp3) is 0.438. The van der Waals surface area contributed by atoms with Crippen molar-refractivity contribution in [2.45, 2.75) is 20.4 Å². The molecule has 1 aliphatic rings. The SMILES string of the molecule is CCn1cc(C)nc1Nc1ccc(N2CCOCC2)cc1. The van der Waals surface area contributed by atoms with Gasteiger partial charge < -0.3 is 19.5 Å². The van der Waals surface area contributed by atoms with Crippen LogP contribution in [-0.2, 0) is 11.3 Å². The number of hydrogen-bond donors (Lipinski definition) is 1. The molecule has 5 heteroatoms. The van der Waals surface area contributed by atoms with E-state index in [1.807, 2.05) is 6.92 Å². The lowest BCUT2D eigenvalue weighted by atomic mass is 10.2. The van der Waals surface area contributed by atoms with Gasteiger partial charge in [0.2, 0.25) is 5.95 Å². The van der Waals surface area contributed by atoms with Gasteiger partial charge in [-0.2, -0.15) is 0 Å². The lowest BCUT2D eigenvalue weighted by Gasteiger charge is -2.28. The van der Waals surface area contributed by atoms with E-state index < -0.39 is 0 Å². The lowest BCUT2D eigenvalue weighted by Crippen LogP contribution is -2.36. The molecule has 1 aliphatic heterocycles. The van der Waals surface area contributed by atoms with Gasteiger partial charge in [0.15, 0.2) is 0 Å². The van der Waals surface area contributed by atoms with E-state index in [1.54, 1.807) is 0 Å². The molecule has 1 aromatic carbocycles. The summed E-state index contributed by atoms with van der Waals surface area (Å²) in [5, 5.41) is 3.38. The number of nitrogens with zero attached hydrogens (tertiary/aromatic N) is 3. The number of imidazole rings is 1. The second kappa shape index (κ2) is 6.18. The molecule has 1 N–H and O–H groups in total.